The molecule has 0 bridgehead atoms. The van der Waals surface area contributed by atoms with Crippen LogP contribution >= 0.6 is 47.2 Å². The number of thiocarbonyl (C=S) groups is 1. The maximum atomic E-state index is 12.9. The number of nitrogens with zero attached hydrogens (tertiary/aromatic N) is 1. The van der Waals surface area contributed by atoms with Gasteiger partial charge in [-0.3, -0.25) is 9.69 Å². The minimum atomic E-state index is -0.0710. The van der Waals surface area contributed by atoms with Gasteiger partial charge in [0.1, 0.15) is 16.7 Å². The molecular weight excluding hydrogens is 481 g/mol. The van der Waals surface area contributed by atoms with E-state index in [2.05, 4.69) is 0 Å². The first-order chi connectivity index (χ1) is 15.4. The standard InChI is InChI=1S/C25H19Cl2NO2S2/c1-16-2-4-18(5-3-16)14-28-24(29)23(32-25(28)31)12-17-6-10-21(11-7-17)30-15-19-8-9-20(26)13-22(19)27/h2-13H,14-15H2,1H3. The summed E-state index contributed by atoms with van der Waals surface area (Å²) >= 11 is 18.9. The molecule has 3 nitrogen and oxygen atoms in total. The van der Waals surface area contributed by atoms with Crippen molar-refractivity contribution < 1.29 is 9.53 Å². The van der Waals surface area contributed by atoms with Crippen molar-refractivity contribution in [2.45, 2.75) is 20.1 Å². The summed E-state index contributed by atoms with van der Waals surface area (Å²) in [6.07, 6.45) is 1.86. The second-order valence-corrected chi connectivity index (χ2v) is 9.87. The zero-order valence-corrected chi connectivity index (χ0v) is 20.3. The number of thioether (sulfide) groups is 1. The Labute approximate surface area is 207 Å². The van der Waals surface area contributed by atoms with Gasteiger partial charge in [0.2, 0.25) is 0 Å². The van der Waals surface area contributed by atoms with Gasteiger partial charge in [-0.25, -0.2) is 0 Å². The van der Waals surface area contributed by atoms with Crippen LogP contribution in [0.15, 0.2) is 71.6 Å². The van der Waals surface area contributed by atoms with E-state index < -0.39 is 0 Å². The molecule has 1 aliphatic heterocycles. The lowest BCUT2D eigenvalue weighted by atomic mass is 10.1. The molecule has 0 radical (unpaired) electrons. The average Bonchev–Trinajstić information content (AvgIpc) is 3.03. The zero-order valence-electron chi connectivity index (χ0n) is 17.2. The Morgan fingerprint density at radius 3 is 2.44 bits per heavy atom. The molecule has 0 N–H and O–H groups in total. The summed E-state index contributed by atoms with van der Waals surface area (Å²) in [6.45, 7) is 2.85. The van der Waals surface area contributed by atoms with Crippen LogP contribution in [0, 0.1) is 6.92 Å². The summed E-state index contributed by atoms with van der Waals surface area (Å²) in [7, 11) is 0. The maximum Gasteiger partial charge on any atom is 0.266 e. The molecule has 1 fully saturated rings. The van der Waals surface area contributed by atoms with Gasteiger partial charge >= 0.3 is 0 Å². The first-order valence-electron chi connectivity index (χ1n) is 9.87. The van der Waals surface area contributed by atoms with Crippen LogP contribution < -0.4 is 4.74 Å². The maximum absolute atomic E-state index is 12.9. The van der Waals surface area contributed by atoms with Gasteiger partial charge in [0.05, 0.1) is 11.4 Å². The minimum absolute atomic E-state index is 0.0710. The summed E-state index contributed by atoms with van der Waals surface area (Å²) in [6, 6.07) is 21.0. The van der Waals surface area contributed by atoms with E-state index >= 15 is 0 Å². The molecule has 3 aromatic carbocycles. The van der Waals surface area contributed by atoms with Crippen molar-refractivity contribution in [3.05, 3.63) is 104 Å². The van der Waals surface area contributed by atoms with E-state index in [-0.39, 0.29) is 5.91 Å². The molecule has 162 valence electrons. The molecule has 0 saturated carbocycles. The second kappa shape index (κ2) is 10.1. The van der Waals surface area contributed by atoms with Gasteiger partial charge in [-0.1, -0.05) is 95.2 Å². The quantitative estimate of drug-likeness (QED) is 0.263. The van der Waals surface area contributed by atoms with Crippen LogP contribution in [0.5, 0.6) is 5.75 Å². The Hall–Kier alpha value is -2.31. The van der Waals surface area contributed by atoms with Crippen molar-refractivity contribution >= 4 is 63.5 Å². The molecule has 0 aromatic heterocycles. The molecule has 1 amide bonds. The third kappa shape index (κ3) is 5.54. The molecule has 0 atom stereocenters. The fourth-order valence-electron chi connectivity index (χ4n) is 3.12. The van der Waals surface area contributed by atoms with Gasteiger partial charge in [-0.2, -0.15) is 0 Å². The Kier molecular flexibility index (Phi) is 7.21. The van der Waals surface area contributed by atoms with E-state index in [1.54, 1.807) is 17.0 Å². The summed E-state index contributed by atoms with van der Waals surface area (Å²) in [5.41, 5.74) is 3.99. The Morgan fingerprint density at radius 1 is 1.03 bits per heavy atom. The molecule has 0 aliphatic carbocycles. The van der Waals surface area contributed by atoms with Crippen molar-refractivity contribution in [3.63, 3.8) is 0 Å². The monoisotopic (exact) mass is 499 g/mol. The van der Waals surface area contributed by atoms with Gasteiger partial charge in [-0.05, 0) is 48.4 Å². The minimum Gasteiger partial charge on any atom is -0.489 e. The lowest BCUT2D eigenvalue weighted by Gasteiger charge is -2.14. The highest BCUT2D eigenvalue weighted by molar-refractivity contribution is 8.26. The van der Waals surface area contributed by atoms with Gasteiger partial charge in [-0.15, -0.1) is 0 Å². The van der Waals surface area contributed by atoms with Crippen LogP contribution in [-0.4, -0.2) is 15.1 Å². The van der Waals surface area contributed by atoms with Crippen molar-refractivity contribution in [2.24, 2.45) is 0 Å². The first kappa shape index (κ1) is 22.9. The van der Waals surface area contributed by atoms with Crippen molar-refractivity contribution in [1.29, 1.82) is 0 Å². The van der Waals surface area contributed by atoms with Crippen LogP contribution in [-0.2, 0) is 17.9 Å². The smallest absolute Gasteiger partial charge is 0.266 e. The number of hydrogen-bond acceptors (Lipinski definition) is 4. The molecule has 1 aliphatic rings. The van der Waals surface area contributed by atoms with E-state index in [0.717, 1.165) is 16.7 Å². The predicted octanol–water partition coefficient (Wildman–Crippen LogP) is 7.28. The molecule has 32 heavy (non-hydrogen) atoms. The molecule has 0 unspecified atom stereocenters. The number of hydrogen-bond donors (Lipinski definition) is 0. The number of amides is 1. The van der Waals surface area contributed by atoms with Crippen molar-refractivity contribution in [3.8, 4) is 5.75 Å². The second-order valence-electron chi connectivity index (χ2n) is 7.35. The number of carbonyl (C=O) groups excluding carboxylic acids is 1. The van der Waals surface area contributed by atoms with E-state index in [1.165, 1.54) is 17.3 Å². The summed E-state index contributed by atoms with van der Waals surface area (Å²) in [4.78, 5) is 15.1. The Balaban J connectivity index is 1.40. The number of aryl methyl sites for hydroxylation is 1. The lowest BCUT2D eigenvalue weighted by Crippen LogP contribution is -2.27. The highest BCUT2D eigenvalue weighted by Gasteiger charge is 2.31. The first-order valence-corrected chi connectivity index (χ1v) is 11.8. The fourth-order valence-corrected chi connectivity index (χ4v) is 4.84. The van der Waals surface area contributed by atoms with Crippen LogP contribution in [0.1, 0.15) is 22.3 Å². The molecular formula is C25H19Cl2NO2S2. The fraction of sp³-hybridized carbons (Fsp3) is 0.120. The molecule has 7 heteroatoms. The van der Waals surface area contributed by atoms with E-state index in [9.17, 15) is 4.79 Å². The molecule has 0 spiro atoms. The summed E-state index contributed by atoms with van der Waals surface area (Å²) in [5, 5.41) is 1.16. The predicted molar refractivity (Wildman–Crippen MR) is 137 cm³/mol. The lowest BCUT2D eigenvalue weighted by molar-refractivity contribution is -0.122. The van der Waals surface area contributed by atoms with Crippen LogP contribution in [0.4, 0.5) is 0 Å². The molecule has 1 heterocycles. The summed E-state index contributed by atoms with van der Waals surface area (Å²) < 4.78 is 6.39. The average molecular weight is 500 g/mol. The van der Waals surface area contributed by atoms with Crippen molar-refractivity contribution in [1.82, 2.24) is 4.90 Å². The number of ether oxygens (including phenoxy) is 1. The third-order valence-electron chi connectivity index (χ3n) is 4.92. The Bertz CT molecular complexity index is 1190. The van der Waals surface area contributed by atoms with Gasteiger partial charge in [0, 0.05) is 15.6 Å². The van der Waals surface area contributed by atoms with Crippen LogP contribution in [0.2, 0.25) is 10.0 Å². The number of halogens is 2. The van der Waals surface area contributed by atoms with Gasteiger partial charge in [0.25, 0.3) is 5.91 Å². The third-order valence-corrected chi connectivity index (χ3v) is 6.89. The SMILES string of the molecule is Cc1ccc(CN2C(=O)C(=Cc3ccc(OCc4ccc(Cl)cc4Cl)cc3)SC2=S)cc1. The number of carbonyl (C=O) groups is 1. The van der Waals surface area contributed by atoms with Crippen LogP contribution in [0.3, 0.4) is 0 Å². The molecule has 4 rings (SSSR count). The van der Waals surface area contributed by atoms with E-state index in [0.29, 0.717) is 38.2 Å². The molecule has 1 saturated heterocycles. The number of benzene rings is 3. The zero-order chi connectivity index (χ0) is 22.7. The van der Waals surface area contributed by atoms with Gasteiger partial charge in [0.15, 0.2) is 0 Å². The Morgan fingerprint density at radius 2 is 1.75 bits per heavy atom. The van der Waals surface area contributed by atoms with Crippen molar-refractivity contribution in [2.75, 3.05) is 0 Å². The summed E-state index contributed by atoms with van der Waals surface area (Å²) in [5.74, 6) is 0.637. The topological polar surface area (TPSA) is 29.5 Å². The number of rotatable bonds is 6. The van der Waals surface area contributed by atoms with Crippen LogP contribution in [0.25, 0.3) is 6.08 Å². The normalized spacial score (nSPS) is 15.0. The molecule has 3 aromatic rings. The van der Waals surface area contributed by atoms with E-state index in [4.69, 9.17) is 40.2 Å². The van der Waals surface area contributed by atoms with Gasteiger partial charge < -0.3 is 4.74 Å². The van der Waals surface area contributed by atoms with E-state index in [1.807, 2.05) is 67.6 Å². The largest absolute Gasteiger partial charge is 0.489 e. The highest BCUT2D eigenvalue weighted by atomic mass is 35.5. The highest BCUT2D eigenvalue weighted by Crippen LogP contribution is 2.34.